The number of benzene rings is 4. The van der Waals surface area contributed by atoms with Crippen LogP contribution in [0, 0.1) is 6.92 Å². The molecule has 0 radical (unpaired) electrons. The van der Waals surface area contributed by atoms with Crippen molar-refractivity contribution in [3.05, 3.63) is 119 Å². The first-order chi connectivity index (χ1) is 20.6. The van der Waals surface area contributed by atoms with E-state index in [1.165, 1.54) is 4.68 Å². The Bertz CT molecular complexity index is 1920. The van der Waals surface area contributed by atoms with Crippen LogP contribution < -0.4 is 15.0 Å². The summed E-state index contributed by atoms with van der Waals surface area (Å²) in [5.74, 6) is 1.85. The predicted molar refractivity (Wildman–Crippen MR) is 180 cm³/mol. The zero-order valence-electron chi connectivity index (χ0n) is 23.8. The summed E-state index contributed by atoms with van der Waals surface area (Å²) in [5, 5.41) is 6.49. The van der Waals surface area contributed by atoms with Crippen LogP contribution in [0.15, 0.2) is 81.1 Å². The molecule has 0 bridgehead atoms. The van der Waals surface area contributed by atoms with E-state index in [1.807, 2.05) is 43.3 Å². The van der Waals surface area contributed by atoms with Crippen LogP contribution >= 0.6 is 50.7 Å². The molecule has 5 rings (SSSR count). The first kappa shape index (κ1) is 31.1. The molecule has 0 atom stereocenters. The number of hydrogen-bond donors (Lipinski definition) is 0. The first-order valence-electron chi connectivity index (χ1n) is 13.4. The Hall–Kier alpha value is -3.36. The van der Waals surface area contributed by atoms with Crippen LogP contribution in [0.3, 0.4) is 0 Å². The normalized spacial score (nSPS) is 11.6. The molecule has 0 spiro atoms. The van der Waals surface area contributed by atoms with Crippen LogP contribution in [0.1, 0.15) is 42.0 Å². The zero-order valence-corrected chi connectivity index (χ0v) is 27.6. The van der Waals surface area contributed by atoms with Crippen molar-refractivity contribution in [2.45, 2.75) is 33.3 Å². The molecular formula is C33H27BrCl3N3O3. The molecule has 220 valence electrons. The Morgan fingerprint density at radius 2 is 1.79 bits per heavy atom. The van der Waals surface area contributed by atoms with Gasteiger partial charge in [0.2, 0.25) is 0 Å². The third-order valence-corrected chi connectivity index (χ3v) is 8.38. The minimum atomic E-state index is -0.289. The molecule has 5 aromatic rings. The number of aromatic nitrogens is 2. The van der Waals surface area contributed by atoms with Gasteiger partial charge < -0.3 is 9.47 Å². The number of halogens is 4. The van der Waals surface area contributed by atoms with Gasteiger partial charge in [-0.3, -0.25) is 4.79 Å². The van der Waals surface area contributed by atoms with E-state index in [4.69, 9.17) is 49.3 Å². The van der Waals surface area contributed by atoms with Crippen LogP contribution in [-0.4, -0.2) is 23.0 Å². The Balaban J connectivity index is 1.56. The van der Waals surface area contributed by atoms with E-state index in [0.29, 0.717) is 47.6 Å². The number of ether oxygens (including phenoxy) is 2. The summed E-state index contributed by atoms with van der Waals surface area (Å²) in [6.07, 6.45) is 1.57. The van der Waals surface area contributed by atoms with Crippen LogP contribution in [0.25, 0.3) is 22.3 Å². The maximum atomic E-state index is 13.8. The van der Waals surface area contributed by atoms with Crippen molar-refractivity contribution in [1.82, 2.24) is 9.66 Å². The van der Waals surface area contributed by atoms with Gasteiger partial charge in [-0.25, -0.2) is 4.98 Å². The van der Waals surface area contributed by atoms with E-state index < -0.39 is 0 Å². The van der Waals surface area contributed by atoms with Gasteiger partial charge in [-0.1, -0.05) is 66.8 Å². The highest BCUT2D eigenvalue weighted by Crippen LogP contribution is 2.36. The molecule has 43 heavy (non-hydrogen) atoms. The molecule has 0 aliphatic carbocycles. The predicted octanol–water partition coefficient (Wildman–Crippen LogP) is 9.69. The third kappa shape index (κ3) is 6.60. The molecule has 0 amide bonds. The van der Waals surface area contributed by atoms with Crippen LogP contribution in [0.4, 0.5) is 0 Å². The fraction of sp³-hybridized carbons (Fsp3) is 0.182. The standard InChI is InChI=1S/C33H27BrCl3N3O3/c1-18(2)24-15-25(19(3)11-30(24)42-4)32-39-29-8-6-5-7-23(29)33(41)40(32)38-16-20-12-26(34)31(28(37)13-20)43-17-21-9-10-22(35)14-27(21)36/h5-16,18H,17H2,1-4H3. The molecule has 0 saturated carbocycles. The summed E-state index contributed by atoms with van der Waals surface area (Å²) < 4.78 is 13.6. The molecule has 1 aromatic heterocycles. The van der Waals surface area contributed by atoms with Crippen molar-refractivity contribution in [1.29, 1.82) is 0 Å². The van der Waals surface area contributed by atoms with Gasteiger partial charge in [0.25, 0.3) is 5.56 Å². The van der Waals surface area contributed by atoms with Crippen LogP contribution in [0.5, 0.6) is 11.5 Å². The molecule has 0 N–H and O–H groups in total. The molecule has 4 aromatic carbocycles. The van der Waals surface area contributed by atoms with Gasteiger partial charge in [-0.2, -0.15) is 9.78 Å². The lowest BCUT2D eigenvalue weighted by molar-refractivity contribution is 0.304. The minimum Gasteiger partial charge on any atom is -0.496 e. The highest BCUT2D eigenvalue weighted by atomic mass is 79.9. The molecule has 10 heteroatoms. The van der Waals surface area contributed by atoms with Crippen LogP contribution in [-0.2, 0) is 6.61 Å². The number of para-hydroxylation sites is 1. The molecule has 0 aliphatic heterocycles. The molecule has 1 heterocycles. The molecule has 6 nitrogen and oxygen atoms in total. The number of fused-ring (bicyclic) bond motifs is 1. The second-order valence-corrected chi connectivity index (χ2v) is 12.3. The smallest absolute Gasteiger partial charge is 0.282 e. The molecular weight excluding hydrogens is 673 g/mol. The Labute approximate surface area is 273 Å². The maximum Gasteiger partial charge on any atom is 0.282 e. The summed E-state index contributed by atoms with van der Waals surface area (Å²) >= 11 is 22.5. The Morgan fingerprint density at radius 1 is 1.02 bits per heavy atom. The van der Waals surface area contributed by atoms with Gasteiger partial charge >= 0.3 is 0 Å². The molecule has 0 aliphatic rings. The van der Waals surface area contributed by atoms with Gasteiger partial charge in [0.05, 0.1) is 33.7 Å². The lowest BCUT2D eigenvalue weighted by Gasteiger charge is -2.17. The lowest BCUT2D eigenvalue weighted by Crippen LogP contribution is -2.20. The second-order valence-electron chi connectivity index (χ2n) is 10.2. The highest BCUT2D eigenvalue weighted by molar-refractivity contribution is 9.10. The summed E-state index contributed by atoms with van der Waals surface area (Å²) in [6, 6.07) is 19.9. The van der Waals surface area contributed by atoms with Crippen molar-refractivity contribution in [3.8, 4) is 22.9 Å². The Morgan fingerprint density at radius 3 is 2.49 bits per heavy atom. The molecule has 0 unspecified atom stereocenters. The van der Waals surface area contributed by atoms with Crippen molar-refractivity contribution in [2.24, 2.45) is 5.10 Å². The third-order valence-electron chi connectivity index (χ3n) is 6.92. The van der Waals surface area contributed by atoms with Gasteiger partial charge in [0.15, 0.2) is 11.6 Å². The molecule has 0 saturated heterocycles. The van der Waals surface area contributed by atoms with Gasteiger partial charge in [0, 0.05) is 21.2 Å². The number of hydrogen-bond acceptors (Lipinski definition) is 5. The second kappa shape index (κ2) is 13.1. The molecule has 0 fully saturated rings. The summed E-state index contributed by atoms with van der Waals surface area (Å²) in [4.78, 5) is 18.6. The minimum absolute atomic E-state index is 0.189. The summed E-state index contributed by atoms with van der Waals surface area (Å²) in [5.41, 5.74) is 4.41. The van der Waals surface area contributed by atoms with Crippen LogP contribution in [0.2, 0.25) is 15.1 Å². The summed E-state index contributed by atoms with van der Waals surface area (Å²) in [7, 11) is 1.65. The summed E-state index contributed by atoms with van der Waals surface area (Å²) in [6.45, 7) is 6.34. The lowest BCUT2D eigenvalue weighted by atomic mass is 9.96. The fourth-order valence-electron chi connectivity index (χ4n) is 4.68. The van der Waals surface area contributed by atoms with E-state index in [2.05, 4.69) is 34.9 Å². The van der Waals surface area contributed by atoms with E-state index in [0.717, 1.165) is 28.0 Å². The average Bonchev–Trinajstić information content (AvgIpc) is 2.96. The van der Waals surface area contributed by atoms with Gasteiger partial charge in [-0.05, 0) is 94.0 Å². The monoisotopic (exact) mass is 697 g/mol. The van der Waals surface area contributed by atoms with Crippen molar-refractivity contribution in [3.63, 3.8) is 0 Å². The first-order valence-corrected chi connectivity index (χ1v) is 15.3. The van der Waals surface area contributed by atoms with E-state index in [1.54, 1.807) is 43.7 Å². The zero-order chi connectivity index (χ0) is 30.8. The Kier molecular flexibility index (Phi) is 9.47. The maximum absolute atomic E-state index is 13.8. The number of aryl methyl sites for hydroxylation is 1. The van der Waals surface area contributed by atoms with Gasteiger partial charge in [0.1, 0.15) is 12.4 Å². The SMILES string of the molecule is COc1cc(C)c(-c2nc3ccccc3c(=O)n2N=Cc2cc(Cl)c(OCc3ccc(Cl)cc3Cl)c(Br)c2)cc1C(C)C. The topological polar surface area (TPSA) is 65.7 Å². The highest BCUT2D eigenvalue weighted by Gasteiger charge is 2.19. The van der Waals surface area contributed by atoms with E-state index >= 15 is 0 Å². The number of rotatable bonds is 8. The fourth-order valence-corrected chi connectivity index (χ4v) is 6.13. The van der Waals surface area contributed by atoms with Crippen molar-refractivity contribution in [2.75, 3.05) is 7.11 Å². The number of nitrogens with zero attached hydrogens (tertiary/aromatic N) is 3. The van der Waals surface area contributed by atoms with E-state index in [9.17, 15) is 4.79 Å². The van der Waals surface area contributed by atoms with Crippen molar-refractivity contribution >= 4 is 67.9 Å². The van der Waals surface area contributed by atoms with Crippen molar-refractivity contribution < 1.29 is 9.47 Å². The van der Waals surface area contributed by atoms with Gasteiger partial charge in [-0.15, -0.1) is 0 Å². The number of methoxy groups -OCH3 is 1. The largest absolute Gasteiger partial charge is 0.496 e. The van der Waals surface area contributed by atoms with E-state index in [-0.39, 0.29) is 18.1 Å². The average molecular weight is 700 g/mol. The quantitative estimate of drug-likeness (QED) is 0.151.